The van der Waals surface area contributed by atoms with E-state index in [0.717, 1.165) is 6.92 Å². The maximum Gasteiger partial charge on any atom is 0.258 e. The van der Waals surface area contributed by atoms with Crippen LogP contribution in [-0.2, 0) is 4.79 Å². The Labute approximate surface area is 80.7 Å². The standard InChI is InChI=1S/C10H11F2NO/c1-10(12,9(13)14)8(11)7-5-3-2-4-6-7/h2-6,8H,1H3,(H2,13,14)/t8-,10-/m1/s1. The molecule has 0 aliphatic heterocycles. The lowest BCUT2D eigenvalue weighted by atomic mass is 9.95. The zero-order valence-electron chi connectivity index (χ0n) is 7.71. The van der Waals surface area contributed by atoms with Gasteiger partial charge in [0, 0.05) is 0 Å². The lowest BCUT2D eigenvalue weighted by molar-refractivity contribution is -0.132. The molecular weight excluding hydrogens is 188 g/mol. The molecule has 0 unspecified atom stereocenters. The molecule has 0 radical (unpaired) electrons. The van der Waals surface area contributed by atoms with Crippen LogP contribution in [0.15, 0.2) is 30.3 Å². The number of alkyl halides is 2. The number of primary amides is 1. The number of hydrogen-bond acceptors (Lipinski definition) is 1. The molecule has 2 nitrogen and oxygen atoms in total. The van der Waals surface area contributed by atoms with Crippen molar-refractivity contribution in [3.8, 4) is 0 Å². The van der Waals surface area contributed by atoms with Crippen molar-refractivity contribution in [2.45, 2.75) is 18.8 Å². The van der Waals surface area contributed by atoms with Gasteiger partial charge in [-0.25, -0.2) is 8.78 Å². The highest BCUT2D eigenvalue weighted by Crippen LogP contribution is 2.32. The van der Waals surface area contributed by atoms with Crippen LogP contribution in [0.4, 0.5) is 8.78 Å². The number of benzene rings is 1. The van der Waals surface area contributed by atoms with Crippen LogP contribution in [0.5, 0.6) is 0 Å². The normalized spacial score (nSPS) is 17.1. The first-order valence-electron chi connectivity index (χ1n) is 4.14. The van der Waals surface area contributed by atoms with Gasteiger partial charge >= 0.3 is 0 Å². The zero-order chi connectivity index (χ0) is 10.8. The molecule has 1 rings (SSSR count). The molecular formula is C10H11F2NO. The third kappa shape index (κ3) is 1.89. The van der Waals surface area contributed by atoms with Crippen molar-refractivity contribution in [3.63, 3.8) is 0 Å². The average Bonchev–Trinajstić information content (AvgIpc) is 2.17. The van der Waals surface area contributed by atoms with Crippen LogP contribution < -0.4 is 5.73 Å². The molecule has 1 aromatic carbocycles. The number of carbonyl (C=O) groups is 1. The minimum atomic E-state index is -2.67. The Morgan fingerprint density at radius 1 is 1.43 bits per heavy atom. The maximum absolute atomic E-state index is 13.5. The van der Waals surface area contributed by atoms with Crippen molar-refractivity contribution < 1.29 is 13.6 Å². The Balaban J connectivity index is 2.96. The van der Waals surface area contributed by atoms with Gasteiger partial charge < -0.3 is 5.73 Å². The molecule has 1 amide bonds. The Hall–Kier alpha value is -1.45. The fourth-order valence-corrected chi connectivity index (χ4v) is 1.06. The Morgan fingerprint density at radius 2 is 1.93 bits per heavy atom. The fraction of sp³-hybridized carbons (Fsp3) is 0.300. The predicted octanol–water partition coefficient (Wildman–Crippen LogP) is 1.91. The molecule has 2 N–H and O–H groups in total. The van der Waals surface area contributed by atoms with Crippen molar-refractivity contribution in [2.24, 2.45) is 5.73 Å². The van der Waals surface area contributed by atoms with Crippen LogP contribution in [0.2, 0.25) is 0 Å². The SMILES string of the molecule is C[C@](F)(C(N)=O)[C@H](F)c1ccccc1. The molecule has 0 aliphatic rings. The Morgan fingerprint density at radius 3 is 2.36 bits per heavy atom. The van der Waals surface area contributed by atoms with Crippen molar-refractivity contribution >= 4 is 5.91 Å². The molecule has 0 fully saturated rings. The number of halogens is 2. The smallest absolute Gasteiger partial charge is 0.258 e. The first-order chi connectivity index (χ1) is 6.46. The van der Waals surface area contributed by atoms with E-state index < -0.39 is 17.7 Å². The molecule has 0 aromatic heterocycles. The second-order valence-corrected chi connectivity index (χ2v) is 3.21. The molecule has 0 heterocycles. The van der Waals surface area contributed by atoms with E-state index in [1.54, 1.807) is 18.2 Å². The van der Waals surface area contributed by atoms with E-state index in [2.05, 4.69) is 0 Å². The molecule has 0 aliphatic carbocycles. The lowest BCUT2D eigenvalue weighted by Gasteiger charge is -2.20. The van der Waals surface area contributed by atoms with Gasteiger partial charge in [-0.1, -0.05) is 30.3 Å². The number of carbonyl (C=O) groups excluding carboxylic acids is 1. The van der Waals surface area contributed by atoms with Crippen LogP contribution in [0, 0.1) is 0 Å². The van der Waals surface area contributed by atoms with E-state index in [1.165, 1.54) is 12.1 Å². The molecule has 2 atom stereocenters. The first-order valence-corrected chi connectivity index (χ1v) is 4.14. The van der Waals surface area contributed by atoms with Gasteiger partial charge in [0.2, 0.25) is 5.67 Å². The molecule has 4 heteroatoms. The van der Waals surface area contributed by atoms with E-state index in [4.69, 9.17) is 5.73 Å². The van der Waals surface area contributed by atoms with Gasteiger partial charge in [-0.2, -0.15) is 0 Å². The summed E-state index contributed by atoms with van der Waals surface area (Å²) in [6.07, 6.45) is -2.03. The quantitative estimate of drug-likeness (QED) is 0.793. The van der Waals surface area contributed by atoms with Crippen LogP contribution in [0.1, 0.15) is 18.7 Å². The van der Waals surface area contributed by atoms with E-state index in [-0.39, 0.29) is 5.56 Å². The van der Waals surface area contributed by atoms with Gasteiger partial charge in [-0.3, -0.25) is 4.79 Å². The molecule has 14 heavy (non-hydrogen) atoms. The Kier molecular flexibility index (Phi) is 2.84. The predicted molar refractivity (Wildman–Crippen MR) is 49.0 cm³/mol. The molecule has 1 aromatic rings. The van der Waals surface area contributed by atoms with Gasteiger partial charge in [0.15, 0.2) is 6.17 Å². The van der Waals surface area contributed by atoms with Crippen LogP contribution in [0.25, 0.3) is 0 Å². The number of rotatable bonds is 3. The molecule has 0 bridgehead atoms. The monoisotopic (exact) mass is 199 g/mol. The molecule has 0 saturated carbocycles. The summed E-state index contributed by atoms with van der Waals surface area (Å²) in [5, 5.41) is 0. The van der Waals surface area contributed by atoms with Crippen LogP contribution in [-0.4, -0.2) is 11.6 Å². The summed E-state index contributed by atoms with van der Waals surface area (Å²) >= 11 is 0. The second-order valence-electron chi connectivity index (χ2n) is 3.21. The van der Waals surface area contributed by atoms with Gasteiger partial charge in [-0.05, 0) is 12.5 Å². The highest BCUT2D eigenvalue weighted by Gasteiger charge is 2.41. The van der Waals surface area contributed by atoms with Crippen molar-refractivity contribution in [3.05, 3.63) is 35.9 Å². The van der Waals surface area contributed by atoms with Gasteiger partial charge in [0.1, 0.15) is 0 Å². The van der Waals surface area contributed by atoms with E-state index in [0.29, 0.717) is 0 Å². The Bertz CT molecular complexity index is 324. The van der Waals surface area contributed by atoms with E-state index in [1.807, 2.05) is 0 Å². The highest BCUT2D eigenvalue weighted by molar-refractivity contribution is 5.83. The second kappa shape index (κ2) is 3.74. The molecule has 0 saturated heterocycles. The molecule has 76 valence electrons. The largest absolute Gasteiger partial charge is 0.367 e. The van der Waals surface area contributed by atoms with Crippen LogP contribution >= 0.6 is 0 Å². The minimum Gasteiger partial charge on any atom is -0.367 e. The van der Waals surface area contributed by atoms with Gasteiger partial charge in [0.25, 0.3) is 5.91 Å². The van der Waals surface area contributed by atoms with Crippen LogP contribution in [0.3, 0.4) is 0 Å². The van der Waals surface area contributed by atoms with Crippen molar-refractivity contribution in [2.75, 3.05) is 0 Å². The first kappa shape index (κ1) is 10.6. The minimum absolute atomic E-state index is 0.108. The zero-order valence-corrected chi connectivity index (χ0v) is 7.71. The van der Waals surface area contributed by atoms with E-state index >= 15 is 0 Å². The number of nitrogens with two attached hydrogens (primary N) is 1. The summed E-state index contributed by atoms with van der Waals surface area (Å²) in [7, 11) is 0. The van der Waals surface area contributed by atoms with Gasteiger partial charge in [-0.15, -0.1) is 0 Å². The average molecular weight is 199 g/mol. The third-order valence-corrected chi connectivity index (χ3v) is 2.05. The topological polar surface area (TPSA) is 43.1 Å². The van der Waals surface area contributed by atoms with Crippen molar-refractivity contribution in [1.82, 2.24) is 0 Å². The van der Waals surface area contributed by atoms with E-state index in [9.17, 15) is 13.6 Å². The third-order valence-electron chi connectivity index (χ3n) is 2.05. The summed E-state index contributed by atoms with van der Waals surface area (Å²) in [5.74, 6) is -1.30. The molecule has 0 spiro atoms. The fourth-order valence-electron chi connectivity index (χ4n) is 1.06. The summed E-state index contributed by atoms with van der Waals surface area (Å²) in [4.78, 5) is 10.6. The van der Waals surface area contributed by atoms with Crippen molar-refractivity contribution in [1.29, 1.82) is 0 Å². The summed E-state index contributed by atoms with van der Waals surface area (Å²) in [6, 6.07) is 7.63. The number of amides is 1. The van der Waals surface area contributed by atoms with Gasteiger partial charge in [0.05, 0.1) is 0 Å². The summed E-state index contributed by atoms with van der Waals surface area (Å²) in [6.45, 7) is 0.840. The summed E-state index contributed by atoms with van der Waals surface area (Å²) in [5.41, 5.74) is 2.20. The number of hydrogen-bond donors (Lipinski definition) is 1. The summed E-state index contributed by atoms with van der Waals surface area (Å²) < 4.78 is 26.9. The lowest BCUT2D eigenvalue weighted by Crippen LogP contribution is -2.40. The maximum atomic E-state index is 13.5. The highest BCUT2D eigenvalue weighted by atomic mass is 19.2.